The van der Waals surface area contributed by atoms with E-state index in [9.17, 15) is 9.59 Å². The normalized spacial score (nSPS) is 18.0. The Balaban J connectivity index is 1.81. The first kappa shape index (κ1) is 19.7. The minimum atomic E-state index is -1.13. The van der Waals surface area contributed by atoms with E-state index in [-0.39, 0.29) is 18.2 Å². The van der Waals surface area contributed by atoms with E-state index >= 15 is 0 Å². The van der Waals surface area contributed by atoms with E-state index in [0.29, 0.717) is 11.4 Å². The lowest BCUT2D eigenvalue weighted by atomic mass is 9.76. The van der Waals surface area contributed by atoms with Crippen LogP contribution in [0.4, 0.5) is 11.4 Å². The molecule has 1 atom stereocenters. The van der Waals surface area contributed by atoms with Crippen LogP contribution in [-0.2, 0) is 15.1 Å². The third kappa shape index (κ3) is 3.12. The molecule has 0 aliphatic carbocycles. The summed E-state index contributed by atoms with van der Waals surface area (Å²) in [6, 6.07) is 22.5. The number of β-lactam (4-membered cyclic amide) rings is 1. The predicted molar refractivity (Wildman–Crippen MR) is 118 cm³/mol. The Morgan fingerprint density at radius 3 is 2.13 bits per heavy atom. The molecule has 3 aromatic rings. The van der Waals surface area contributed by atoms with Crippen molar-refractivity contribution in [3.63, 3.8) is 0 Å². The van der Waals surface area contributed by atoms with Crippen LogP contribution in [0.25, 0.3) is 0 Å². The van der Waals surface area contributed by atoms with Gasteiger partial charge < -0.3 is 10.1 Å². The molecule has 1 N–H and O–H groups in total. The van der Waals surface area contributed by atoms with Crippen molar-refractivity contribution in [3.8, 4) is 5.75 Å². The number of carbonyl (C=O) groups excluding carboxylic acids is 2. The number of rotatable bonds is 5. The third-order valence-electron chi connectivity index (χ3n) is 5.72. The highest BCUT2D eigenvalue weighted by molar-refractivity contribution is 6.17. The molecule has 1 aliphatic heterocycles. The van der Waals surface area contributed by atoms with E-state index < -0.39 is 5.54 Å². The summed E-state index contributed by atoms with van der Waals surface area (Å²) in [7, 11) is 1.60. The molecule has 0 bridgehead atoms. The number of anilines is 2. The maximum atomic E-state index is 13.8. The Morgan fingerprint density at radius 2 is 1.57 bits per heavy atom. The van der Waals surface area contributed by atoms with Crippen molar-refractivity contribution >= 4 is 23.2 Å². The summed E-state index contributed by atoms with van der Waals surface area (Å²) in [4.78, 5) is 28.1. The fraction of sp³-hybridized carbons (Fsp3) is 0.200. The smallest absolute Gasteiger partial charge is 0.255 e. The maximum absolute atomic E-state index is 13.8. The molecule has 30 heavy (non-hydrogen) atoms. The van der Waals surface area contributed by atoms with Crippen LogP contribution in [0.2, 0.25) is 0 Å². The van der Waals surface area contributed by atoms with Crippen LogP contribution in [0.1, 0.15) is 23.1 Å². The fourth-order valence-corrected chi connectivity index (χ4v) is 4.08. The molecule has 0 saturated carbocycles. The zero-order chi connectivity index (χ0) is 21.3. The molecule has 0 unspecified atom stereocenters. The van der Waals surface area contributed by atoms with Gasteiger partial charge in [-0.3, -0.25) is 14.5 Å². The van der Waals surface area contributed by atoms with E-state index in [2.05, 4.69) is 5.32 Å². The molecule has 0 spiro atoms. The number of amides is 2. The summed E-state index contributed by atoms with van der Waals surface area (Å²) in [5.74, 6) is 0.378. The summed E-state index contributed by atoms with van der Waals surface area (Å²) >= 11 is 0. The second-order valence-electron chi connectivity index (χ2n) is 7.55. The quantitative estimate of drug-likeness (QED) is 0.638. The van der Waals surface area contributed by atoms with Gasteiger partial charge in [0.05, 0.1) is 13.5 Å². The highest BCUT2D eigenvalue weighted by Gasteiger charge is 2.58. The largest absolute Gasteiger partial charge is 0.497 e. The molecular weight excluding hydrogens is 376 g/mol. The molecule has 5 nitrogen and oxygen atoms in total. The summed E-state index contributed by atoms with van der Waals surface area (Å²) in [6.07, 6.45) is 0.102. The van der Waals surface area contributed by atoms with Crippen LogP contribution < -0.4 is 15.0 Å². The molecule has 1 aliphatic rings. The first-order valence-electron chi connectivity index (χ1n) is 9.87. The minimum Gasteiger partial charge on any atom is -0.497 e. The zero-order valence-corrected chi connectivity index (χ0v) is 17.3. The van der Waals surface area contributed by atoms with E-state index in [1.54, 1.807) is 12.0 Å². The van der Waals surface area contributed by atoms with Gasteiger partial charge in [0.15, 0.2) is 5.54 Å². The summed E-state index contributed by atoms with van der Waals surface area (Å²) in [5, 5.41) is 3.10. The Morgan fingerprint density at radius 1 is 0.933 bits per heavy atom. The Kier molecular flexibility index (Phi) is 5.04. The van der Waals surface area contributed by atoms with E-state index in [1.165, 1.54) is 0 Å². The lowest BCUT2D eigenvalue weighted by molar-refractivity contribution is -0.137. The van der Waals surface area contributed by atoms with Gasteiger partial charge in [0.1, 0.15) is 5.75 Å². The standard InChI is InChI=1S/C25H24N2O3/c1-17-8-7-9-18(2)23(17)26-24(29)25(19-12-14-21(30-3)15-13-19)16-22(28)27(25)20-10-5-4-6-11-20/h4-15H,16H2,1-3H3,(H,26,29)/t25-/m1/s1. The minimum absolute atomic E-state index is 0.0892. The number of hydrogen-bond donors (Lipinski definition) is 1. The van der Waals surface area contributed by atoms with Crippen molar-refractivity contribution in [1.82, 2.24) is 0 Å². The van der Waals surface area contributed by atoms with Crippen molar-refractivity contribution in [3.05, 3.63) is 89.5 Å². The second kappa shape index (κ2) is 7.67. The van der Waals surface area contributed by atoms with Gasteiger partial charge >= 0.3 is 0 Å². The fourth-order valence-electron chi connectivity index (χ4n) is 4.08. The Bertz CT molecular complexity index is 1070. The monoisotopic (exact) mass is 400 g/mol. The SMILES string of the molecule is COc1ccc([C@@]2(C(=O)Nc3c(C)cccc3C)CC(=O)N2c2ccccc2)cc1. The first-order chi connectivity index (χ1) is 14.5. The first-order valence-corrected chi connectivity index (χ1v) is 9.87. The van der Waals surface area contributed by atoms with Crippen LogP contribution in [0.5, 0.6) is 5.75 Å². The predicted octanol–water partition coefficient (Wildman–Crippen LogP) is 4.58. The van der Waals surface area contributed by atoms with Gasteiger partial charge in [0, 0.05) is 11.4 Å². The van der Waals surface area contributed by atoms with Gasteiger partial charge in [-0.25, -0.2) is 0 Å². The molecule has 152 valence electrons. The maximum Gasteiger partial charge on any atom is 0.255 e. The molecule has 1 fully saturated rings. The molecule has 1 heterocycles. The zero-order valence-electron chi connectivity index (χ0n) is 17.3. The second-order valence-corrected chi connectivity index (χ2v) is 7.55. The van der Waals surface area contributed by atoms with Gasteiger partial charge in [-0.2, -0.15) is 0 Å². The van der Waals surface area contributed by atoms with Crippen molar-refractivity contribution in [2.24, 2.45) is 0 Å². The molecule has 4 rings (SSSR count). The van der Waals surface area contributed by atoms with Crippen molar-refractivity contribution < 1.29 is 14.3 Å². The van der Waals surface area contributed by atoms with Gasteiger partial charge in [-0.15, -0.1) is 0 Å². The van der Waals surface area contributed by atoms with E-state index in [1.807, 2.05) is 86.6 Å². The summed E-state index contributed by atoms with van der Waals surface area (Å²) in [5.41, 5.74) is 3.05. The lowest BCUT2D eigenvalue weighted by Gasteiger charge is -2.50. The van der Waals surface area contributed by atoms with Crippen LogP contribution >= 0.6 is 0 Å². The number of nitrogens with zero attached hydrogens (tertiary/aromatic N) is 1. The van der Waals surface area contributed by atoms with Gasteiger partial charge in [0.2, 0.25) is 5.91 Å². The average Bonchev–Trinajstić information content (AvgIpc) is 2.75. The Hall–Kier alpha value is -3.60. The summed E-state index contributed by atoms with van der Waals surface area (Å²) < 4.78 is 5.27. The lowest BCUT2D eigenvalue weighted by Crippen LogP contribution is -2.67. The molecule has 0 radical (unpaired) electrons. The average molecular weight is 400 g/mol. The molecule has 1 saturated heterocycles. The van der Waals surface area contributed by atoms with Gasteiger partial charge in [-0.1, -0.05) is 48.5 Å². The summed E-state index contributed by atoms with van der Waals surface area (Å²) in [6.45, 7) is 3.92. The number of para-hydroxylation sites is 2. The van der Waals surface area contributed by atoms with Crippen LogP contribution in [-0.4, -0.2) is 18.9 Å². The van der Waals surface area contributed by atoms with Crippen LogP contribution in [0.3, 0.4) is 0 Å². The Labute approximate surface area is 176 Å². The van der Waals surface area contributed by atoms with Gasteiger partial charge in [0.25, 0.3) is 5.91 Å². The van der Waals surface area contributed by atoms with Crippen LogP contribution in [0.15, 0.2) is 72.8 Å². The number of ether oxygens (including phenoxy) is 1. The highest BCUT2D eigenvalue weighted by Crippen LogP contribution is 2.46. The third-order valence-corrected chi connectivity index (χ3v) is 5.72. The molecule has 2 amide bonds. The number of aryl methyl sites for hydroxylation is 2. The van der Waals surface area contributed by atoms with Crippen molar-refractivity contribution in [1.29, 1.82) is 0 Å². The molecule has 0 aromatic heterocycles. The van der Waals surface area contributed by atoms with Crippen molar-refractivity contribution in [2.75, 3.05) is 17.3 Å². The van der Waals surface area contributed by atoms with Crippen LogP contribution in [0, 0.1) is 13.8 Å². The number of hydrogen-bond acceptors (Lipinski definition) is 3. The van der Waals surface area contributed by atoms with Crippen molar-refractivity contribution in [2.45, 2.75) is 25.8 Å². The number of benzene rings is 3. The topological polar surface area (TPSA) is 58.6 Å². The van der Waals surface area contributed by atoms with Gasteiger partial charge in [-0.05, 0) is 54.8 Å². The van der Waals surface area contributed by atoms with E-state index in [4.69, 9.17) is 4.74 Å². The van der Waals surface area contributed by atoms with E-state index in [0.717, 1.165) is 22.4 Å². The molecule has 5 heteroatoms. The highest BCUT2D eigenvalue weighted by atomic mass is 16.5. The number of methoxy groups -OCH3 is 1. The molecule has 3 aromatic carbocycles. The number of nitrogens with one attached hydrogen (secondary N) is 1. The molecular formula is C25H24N2O3. The number of carbonyl (C=O) groups is 2.